The molecule has 3 aromatic rings. The first-order valence-corrected chi connectivity index (χ1v) is 8.13. The lowest BCUT2D eigenvalue weighted by Crippen LogP contribution is -2.19. The zero-order valence-corrected chi connectivity index (χ0v) is 13.6. The van der Waals surface area contributed by atoms with Gasteiger partial charge in [0.1, 0.15) is 10.0 Å². The minimum absolute atomic E-state index is 0.0206. The van der Waals surface area contributed by atoms with Gasteiger partial charge in [-0.15, -0.1) is 21.5 Å². The molecule has 0 bridgehead atoms. The summed E-state index contributed by atoms with van der Waals surface area (Å²) in [4.78, 5) is 15.3. The van der Waals surface area contributed by atoms with E-state index in [1.54, 1.807) is 35.6 Å². The molecule has 0 atom stereocenters. The maximum atomic E-state index is 12.1. The summed E-state index contributed by atoms with van der Waals surface area (Å²) >= 11 is 7.74. The maximum absolute atomic E-state index is 12.1. The van der Waals surface area contributed by atoms with Crippen LogP contribution in [0.3, 0.4) is 0 Å². The van der Waals surface area contributed by atoms with Gasteiger partial charge in [-0.2, -0.15) is 0 Å². The van der Waals surface area contributed by atoms with Gasteiger partial charge in [0.25, 0.3) is 0 Å². The van der Waals surface area contributed by atoms with Crippen molar-refractivity contribution < 1.29 is 0 Å². The SMILES string of the molecule is Cc1nnc(CCNCc2cc(=O)c3cccc(Cl)c3[nH]2)s1. The minimum atomic E-state index is -0.0206. The molecule has 0 saturated carbocycles. The summed E-state index contributed by atoms with van der Waals surface area (Å²) < 4.78 is 0. The van der Waals surface area contributed by atoms with E-state index in [9.17, 15) is 4.79 Å². The third kappa shape index (κ3) is 3.35. The van der Waals surface area contributed by atoms with Gasteiger partial charge >= 0.3 is 0 Å². The third-order valence-corrected chi connectivity index (χ3v) is 4.48. The van der Waals surface area contributed by atoms with Crippen LogP contribution in [0.2, 0.25) is 5.02 Å². The van der Waals surface area contributed by atoms with Crippen molar-refractivity contribution in [3.8, 4) is 0 Å². The Bertz CT molecular complexity index is 858. The Morgan fingerprint density at radius 3 is 3.00 bits per heavy atom. The average Bonchev–Trinajstić information content (AvgIpc) is 2.90. The molecular formula is C15H15ClN4OS. The molecule has 0 aliphatic carbocycles. The first kappa shape index (κ1) is 15.1. The van der Waals surface area contributed by atoms with Gasteiger partial charge in [-0.05, 0) is 19.1 Å². The summed E-state index contributed by atoms with van der Waals surface area (Å²) in [6.45, 7) is 3.30. The zero-order chi connectivity index (χ0) is 15.5. The number of nitrogens with one attached hydrogen (secondary N) is 2. The molecule has 0 fully saturated rings. The number of hydrogen-bond acceptors (Lipinski definition) is 5. The predicted octanol–water partition coefficient (Wildman–Crippen LogP) is 2.67. The van der Waals surface area contributed by atoms with Gasteiger partial charge in [-0.1, -0.05) is 17.7 Å². The highest BCUT2D eigenvalue weighted by molar-refractivity contribution is 7.11. The van der Waals surface area contributed by atoms with Crippen molar-refractivity contribution in [1.29, 1.82) is 0 Å². The number of pyridine rings is 1. The van der Waals surface area contributed by atoms with Crippen LogP contribution in [0.25, 0.3) is 10.9 Å². The fourth-order valence-corrected chi connectivity index (χ4v) is 3.17. The van der Waals surface area contributed by atoms with Gasteiger partial charge < -0.3 is 10.3 Å². The number of rotatable bonds is 5. The second-order valence-electron chi connectivity index (χ2n) is 4.96. The normalized spacial score (nSPS) is 11.2. The van der Waals surface area contributed by atoms with E-state index < -0.39 is 0 Å². The van der Waals surface area contributed by atoms with Gasteiger partial charge in [-0.25, -0.2) is 0 Å². The van der Waals surface area contributed by atoms with Crippen LogP contribution in [0, 0.1) is 6.92 Å². The number of hydrogen-bond donors (Lipinski definition) is 2. The highest BCUT2D eigenvalue weighted by Crippen LogP contribution is 2.18. The van der Waals surface area contributed by atoms with Gasteiger partial charge in [-0.3, -0.25) is 4.79 Å². The lowest BCUT2D eigenvalue weighted by Gasteiger charge is -2.07. The second kappa shape index (κ2) is 6.56. The van der Waals surface area contributed by atoms with Crippen molar-refractivity contribution in [2.45, 2.75) is 19.9 Å². The van der Waals surface area contributed by atoms with E-state index >= 15 is 0 Å². The van der Waals surface area contributed by atoms with E-state index in [2.05, 4.69) is 20.5 Å². The van der Waals surface area contributed by atoms with Crippen LogP contribution in [0.5, 0.6) is 0 Å². The Morgan fingerprint density at radius 2 is 2.23 bits per heavy atom. The number of para-hydroxylation sites is 1. The molecule has 0 aliphatic rings. The van der Waals surface area contributed by atoms with Gasteiger partial charge in [0.2, 0.25) is 0 Å². The van der Waals surface area contributed by atoms with Crippen LogP contribution >= 0.6 is 22.9 Å². The number of H-pyrrole nitrogens is 1. The Morgan fingerprint density at radius 1 is 1.36 bits per heavy atom. The van der Waals surface area contributed by atoms with Crippen molar-refractivity contribution in [3.63, 3.8) is 0 Å². The quantitative estimate of drug-likeness (QED) is 0.704. The summed E-state index contributed by atoms with van der Waals surface area (Å²) in [6, 6.07) is 6.94. The van der Waals surface area contributed by atoms with Crippen LogP contribution < -0.4 is 10.7 Å². The summed E-state index contributed by atoms with van der Waals surface area (Å²) in [5.41, 5.74) is 1.49. The van der Waals surface area contributed by atoms with E-state index in [-0.39, 0.29) is 5.43 Å². The number of benzene rings is 1. The maximum Gasteiger partial charge on any atom is 0.189 e. The molecule has 0 aliphatic heterocycles. The Hall–Kier alpha value is -1.76. The third-order valence-electron chi connectivity index (χ3n) is 3.27. The second-order valence-corrected chi connectivity index (χ2v) is 6.64. The number of aryl methyl sites for hydroxylation is 1. The van der Waals surface area contributed by atoms with Gasteiger partial charge in [0.05, 0.1) is 10.5 Å². The van der Waals surface area contributed by atoms with E-state index in [1.165, 1.54) is 0 Å². The fraction of sp³-hybridized carbons (Fsp3) is 0.267. The molecule has 0 amide bonds. The van der Waals surface area contributed by atoms with Crippen LogP contribution in [-0.4, -0.2) is 21.7 Å². The zero-order valence-electron chi connectivity index (χ0n) is 12.0. The molecule has 0 spiro atoms. The standard InChI is InChI=1S/C15H15ClN4OS/c1-9-19-20-14(22-9)5-6-17-8-10-7-13(21)11-3-2-4-12(16)15(11)18-10/h2-4,7,17H,5-6,8H2,1H3,(H,18,21). The summed E-state index contributed by atoms with van der Waals surface area (Å²) in [7, 11) is 0. The number of aromatic nitrogens is 3. The molecule has 22 heavy (non-hydrogen) atoms. The van der Waals surface area contributed by atoms with Crippen LogP contribution in [0.1, 0.15) is 15.7 Å². The number of halogens is 1. The molecule has 0 unspecified atom stereocenters. The van der Waals surface area contributed by atoms with Crippen molar-refractivity contribution in [1.82, 2.24) is 20.5 Å². The Labute approximate surface area is 136 Å². The topological polar surface area (TPSA) is 70.7 Å². The van der Waals surface area contributed by atoms with Crippen molar-refractivity contribution in [3.05, 3.63) is 55.2 Å². The summed E-state index contributed by atoms with van der Waals surface area (Å²) in [6.07, 6.45) is 0.823. The average molecular weight is 335 g/mol. The molecule has 7 heteroatoms. The fourth-order valence-electron chi connectivity index (χ4n) is 2.24. The van der Waals surface area contributed by atoms with Crippen molar-refractivity contribution in [2.24, 2.45) is 0 Å². The van der Waals surface area contributed by atoms with Crippen LogP contribution in [-0.2, 0) is 13.0 Å². The minimum Gasteiger partial charge on any atom is -0.356 e. The Kier molecular flexibility index (Phi) is 4.52. The summed E-state index contributed by atoms with van der Waals surface area (Å²) in [5.74, 6) is 0. The number of nitrogens with zero attached hydrogens (tertiary/aromatic N) is 2. The first-order chi connectivity index (χ1) is 10.6. The lowest BCUT2D eigenvalue weighted by atomic mass is 10.2. The molecular weight excluding hydrogens is 320 g/mol. The van der Waals surface area contributed by atoms with Crippen molar-refractivity contribution >= 4 is 33.8 Å². The van der Waals surface area contributed by atoms with E-state index in [0.29, 0.717) is 22.5 Å². The largest absolute Gasteiger partial charge is 0.356 e. The highest BCUT2D eigenvalue weighted by atomic mass is 35.5. The molecule has 1 aromatic carbocycles. The lowest BCUT2D eigenvalue weighted by molar-refractivity contribution is 0.672. The molecule has 2 heterocycles. The Balaban J connectivity index is 1.66. The molecule has 2 aromatic heterocycles. The predicted molar refractivity (Wildman–Crippen MR) is 89.6 cm³/mol. The van der Waals surface area contributed by atoms with E-state index in [0.717, 1.165) is 28.7 Å². The summed E-state index contributed by atoms with van der Waals surface area (Å²) in [5, 5.41) is 14.5. The van der Waals surface area contributed by atoms with Crippen LogP contribution in [0.15, 0.2) is 29.1 Å². The van der Waals surface area contributed by atoms with Gasteiger partial charge in [0.15, 0.2) is 5.43 Å². The molecule has 114 valence electrons. The molecule has 5 nitrogen and oxygen atoms in total. The van der Waals surface area contributed by atoms with Crippen molar-refractivity contribution in [2.75, 3.05) is 6.54 Å². The molecule has 0 radical (unpaired) electrons. The van der Waals surface area contributed by atoms with Gasteiger partial charge in [0, 0.05) is 36.7 Å². The number of aromatic amines is 1. The monoisotopic (exact) mass is 334 g/mol. The molecule has 2 N–H and O–H groups in total. The van der Waals surface area contributed by atoms with Crippen LogP contribution in [0.4, 0.5) is 0 Å². The number of fused-ring (bicyclic) bond motifs is 1. The highest BCUT2D eigenvalue weighted by Gasteiger charge is 2.05. The molecule has 0 saturated heterocycles. The van der Waals surface area contributed by atoms with E-state index in [4.69, 9.17) is 11.6 Å². The van der Waals surface area contributed by atoms with E-state index in [1.807, 2.05) is 6.92 Å². The smallest absolute Gasteiger partial charge is 0.189 e. The molecule has 3 rings (SSSR count). The first-order valence-electron chi connectivity index (χ1n) is 6.93.